The van der Waals surface area contributed by atoms with E-state index in [0.717, 1.165) is 0 Å². The van der Waals surface area contributed by atoms with E-state index in [4.69, 9.17) is 4.74 Å². The van der Waals surface area contributed by atoms with Crippen LogP contribution in [0.15, 0.2) is 24.3 Å². The molecule has 2 fully saturated rings. The molecular weight excluding hydrogens is 388 g/mol. The number of carbonyl (C=O) groups is 4. The molecule has 0 N–H and O–H groups in total. The van der Waals surface area contributed by atoms with Gasteiger partial charge in [0.2, 0.25) is 11.8 Å². The van der Waals surface area contributed by atoms with Crippen LogP contribution in [0, 0.1) is 0 Å². The Morgan fingerprint density at radius 1 is 1.07 bits per heavy atom. The Morgan fingerprint density at radius 3 is 2.43 bits per heavy atom. The van der Waals surface area contributed by atoms with Crippen LogP contribution in [0.5, 0.6) is 0 Å². The lowest BCUT2D eigenvalue weighted by molar-refractivity contribution is -0.135. The molecule has 1 unspecified atom stereocenters. The highest BCUT2D eigenvalue weighted by molar-refractivity contribution is 6.11. The van der Waals surface area contributed by atoms with Gasteiger partial charge in [-0.3, -0.25) is 19.3 Å². The number of amides is 4. The van der Waals surface area contributed by atoms with E-state index in [9.17, 15) is 19.2 Å². The van der Waals surface area contributed by atoms with Gasteiger partial charge < -0.3 is 19.4 Å². The van der Waals surface area contributed by atoms with Gasteiger partial charge in [0.05, 0.1) is 17.9 Å². The van der Waals surface area contributed by atoms with Gasteiger partial charge in [0.25, 0.3) is 5.91 Å². The summed E-state index contributed by atoms with van der Waals surface area (Å²) < 4.78 is 5.01. The fourth-order valence-corrected chi connectivity index (χ4v) is 4.53. The molecule has 0 aromatic heterocycles. The van der Waals surface area contributed by atoms with Crippen LogP contribution >= 0.6 is 0 Å². The number of anilines is 1. The van der Waals surface area contributed by atoms with Gasteiger partial charge >= 0.3 is 6.09 Å². The van der Waals surface area contributed by atoms with Crippen LogP contribution in [0.1, 0.15) is 37.0 Å². The van der Waals surface area contributed by atoms with Crippen molar-refractivity contribution in [1.29, 1.82) is 0 Å². The molecule has 4 rings (SSSR count). The van der Waals surface area contributed by atoms with Gasteiger partial charge in [-0.15, -0.1) is 0 Å². The van der Waals surface area contributed by atoms with E-state index in [1.54, 1.807) is 39.8 Å². The first kappa shape index (κ1) is 20.2. The van der Waals surface area contributed by atoms with Crippen molar-refractivity contribution in [2.75, 3.05) is 44.2 Å². The number of para-hydroxylation sites is 1. The predicted molar refractivity (Wildman–Crippen MR) is 108 cm³/mol. The van der Waals surface area contributed by atoms with Crippen LogP contribution in [0.2, 0.25) is 0 Å². The van der Waals surface area contributed by atoms with Crippen LogP contribution in [0.4, 0.5) is 10.5 Å². The van der Waals surface area contributed by atoms with E-state index >= 15 is 0 Å². The first-order valence-corrected chi connectivity index (χ1v) is 10.3. The third kappa shape index (κ3) is 3.18. The van der Waals surface area contributed by atoms with Crippen LogP contribution in [-0.4, -0.2) is 83.5 Å². The van der Waals surface area contributed by atoms with Gasteiger partial charge in [-0.05, 0) is 32.4 Å². The van der Waals surface area contributed by atoms with Gasteiger partial charge in [0.1, 0.15) is 12.2 Å². The predicted octanol–water partition coefficient (Wildman–Crippen LogP) is 1.29. The topological polar surface area (TPSA) is 90.5 Å². The maximum atomic E-state index is 13.3. The fourth-order valence-electron chi connectivity index (χ4n) is 4.53. The zero-order valence-corrected chi connectivity index (χ0v) is 17.3. The Bertz CT molecular complexity index is 895. The number of hydrogen-bond acceptors (Lipinski definition) is 5. The van der Waals surface area contributed by atoms with Crippen molar-refractivity contribution in [3.8, 4) is 0 Å². The molecule has 0 spiro atoms. The number of ether oxygens (including phenoxy) is 1. The van der Waals surface area contributed by atoms with Crippen molar-refractivity contribution in [2.45, 2.75) is 32.4 Å². The first-order valence-electron chi connectivity index (χ1n) is 10.3. The molecule has 3 aliphatic rings. The third-order valence-corrected chi connectivity index (χ3v) is 6.20. The van der Waals surface area contributed by atoms with E-state index < -0.39 is 5.66 Å². The summed E-state index contributed by atoms with van der Waals surface area (Å²) in [6.45, 7) is 5.36. The minimum absolute atomic E-state index is 0.0436. The molecule has 9 heteroatoms. The molecule has 1 atom stereocenters. The largest absolute Gasteiger partial charge is 0.450 e. The molecule has 0 saturated carbocycles. The monoisotopic (exact) mass is 414 g/mol. The summed E-state index contributed by atoms with van der Waals surface area (Å²) in [6.07, 6.45) is 0.441. The fraction of sp³-hybridized carbons (Fsp3) is 0.524. The van der Waals surface area contributed by atoms with E-state index in [-0.39, 0.29) is 30.4 Å². The molecule has 1 aromatic carbocycles. The lowest BCUT2D eigenvalue weighted by Gasteiger charge is -2.49. The van der Waals surface area contributed by atoms with Crippen LogP contribution in [0.3, 0.4) is 0 Å². The summed E-state index contributed by atoms with van der Waals surface area (Å²) in [5, 5.41) is 0. The minimum atomic E-state index is -0.856. The van der Waals surface area contributed by atoms with Gasteiger partial charge in [0.15, 0.2) is 0 Å². The molecule has 0 bridgehead atoms. The average molecular weight is 414 g/mol. The SMILES string of the molecule is CCOC(=O)N1CCN(C(=O)CN2C(=O)c3ccccc3N3C(=O)CCC23C)CC1. The molecule has 3 aliphatic heterocycles. The van der Waals surface area contributed by atoms with E-state index in [0.29, 0.717) is 56.9 Å². The van der Waals surface area contributed by atoms with Crippen molar-refractivity contribution in [3.05, 3.63) is 29.8 Å². The minimum Gasteiger partial charge on any atom is -0.450 e. The third-order valence-electron chi connectivity index (χ3n) is 6.20. The zero-order chi connectivity index (χ0) is 21.5. The highest BCUT2D eigenvalue weighted by Gasteiger charge is 2.53. The van der Waals surface area contributed by atoms with Crippen molar-refractivity contribution in [3.63, 3.8) is 0 Å². The molecule has 2 saturated heterocycles. The summed E-state index contributed by atoms with van der Waals surface area (Å²) in [6, 6.07) is 7.04. The second kappa shape index (κ2) is 7.62. The molecule has 4 amide bonds. The smallest absolute Gasteiger partial charge is 0.409 e. The number of carbonyl (C=O) groups excluding carboxylic acids is 4. The summed E-state index contributed by atoms with van der Waals surface area (Å²) >= 11 is 0. The maximum absolute atomic E-state index is 13.3. The van der Waals surface area contributed by atoms with E-state index in [1.807, 2.05) is 13.0 Å². The lowest BCUT2D eigenvalue weighted by atomic mass is 9.98. The van der Waals surface area contributed by atoms with Crippen molar-refractivity contribution < 1.29 is 23.9 Å². The Hall–Kier alpha value is -3.10. The van der Waals surface area contributed by atoms with Gasteiger partial charge in [0, 0.05) is 32.6 Å². The number of hydrogen-bond donors (Lipinski definition) is 0. The standard InChI is InChI=1S/C21H26N4O5/c1-3-30-20(29)23-12-10-22(11-13-23)18(27)14-24-19(28)15-6-4-5-7-16(15)25-17(26)8-9-21(24,25)2/h4-7H,3,8-14H2,1-2H3. The highest BCUT2D eigenvalue weighted by atomic mass is 16.6. The molecule has 30 heavy (non-hydrogen) atoms. The lowest BCUT2D eigenvalue weighted by Crippen LogP contribution is -2.64. The normalized spacial score (nSPS) is 23.4. The second-order valence-corrected chi connectivity index (χ2v) is 7.92. The van der Waals surface area contributed by atoms with Crippen molar-refractivity contribution in [2.24, 2.45) is 0 Å². The Morgan fingerprint density at radius 2 is 1.73 bits per heavy atom. The maximum Gasteiger partial charge on any atom is 0.409 e. The Balaban J connectivity index is 1.51. The van der Waals surface area contributed by atoms with Crippen LogP contribution < -0.4 is 4.90 Å². The number of fused-ring (bicyclic) bond motifs is 3. The number of piperazine rings is 1. The quantitative estimate of drug-likeness (QED) is 0.743. The molecule has 0 aliphatic carbocycles. The number of nitrogens with zero attached hydrogens (tertiary/aromatic N) is 4. The molecule has 9 nitrogen and oxygen atoms in total. The summed E-state index contributed by atoms with van der Waals surface area (Å²) in [7, 11) is 0. The summed E-state index contributed by atoms with van der Waals surface area (Å²) in [5.41, 5.74) is 0.190. The highest BCUT2D eigenvalue weighted by Crippen LogP contribution is 2.43. The molecule has 160 valence electrons. The number of benzene rings is 1. The molecule has 1 aromatic rings. The first-order chi connectivity index (χ1) is 14.4. The molecular formula is C21H26N4O5. The van der Waals surface area contributed by atoms with Gasteiger partial charge in [-0.25, -0.2) is 4.79 Å². The van der Waals surface area contributed by atoms with Crippen molar-refractivity contribution in [1.82, 2.24) is 14.7 Å². The average Bonchev–Trinajstić information content (AvgIpc) is 3.06. The molecule has 0 radical (unpaired) electrons. The number of rotatable bonds is 3. The van der Waals surface area contributed by atoms with E-state index in [2.05, 4.69) is 0 Å². The van der Waals surface area contributed by atoms with Crippen LogP contribution in [0.25, 0.3) is 0 Å². The Kier molecular flexibility index (Phi) is 5.13. The van der Waals surface area contributed by atoms with Gasteiger partial charge in [-0.2, -0.15) is 0 Å². The summed E-state index contributed by atoms with van der Waals surface area (Å²) in [4.78, 5) is 57.2. The Labute approximate surface area is 175 Å². The second-order valence-electron chi connectivity index (χ2n) is 7.92. The van der Waals surface area contributed by atoms with Crippen LogP contribution in [-0.2, 0) is 14.3 Å². The summed E-state index contributed by atoms with van der Waals surface area (Å²) in [5.74, 6) is -0.470. The zero-order valence-electron chi connectivity index (χ0n) is 17.3. The van der Waals surface area contributed by atoms with Gasteiger partial charge in [-0.1, -0.05) is 12.1 Å². The molecule has 3 heterocycles. The van der Waals surface area contributed by atoms with Crippen molar-refractivity contribution >= 4 is 29.5 Å². The van der Waals surface area contributed by atoms with E-state index in [1.165, 1.54) is 4.90 Å².